The average molecular weight is 393 g/mol. The lowest BCUT2D eigenvalue weighted by Crippen LogP contribution is -2.53. The van der Waals surface area contributed by atoms with Crippen LogP contribution in [0, 0.1) is 17.8 Å². The van der Waals surface area contributed by atoms with Gasteiger partial charge in [-0.05, 0) is 19.3 Å². The van der Waals surface area contributed by atoms with E-state index in [9.17, 15) is 14.4 Å². The third-order valence-corrected chi connectivity index (χ3v) is 6.67. The summed E-state index contributed by atoms with van der Waals surface area (Å²) >= 11 is 0. The zero-order chi connectivity index (χ0) is 20.4. The van der Waals surface area contributed by atoms with Crippen LogP contribution < -0.4 is 0 Å². The minimum Gasteiger partial charge on any atom is -0.454 e. The highest BCUT2D eigenvalue weighted by atomic mass is 16.5. The summed E-state index contributed by atoms with van der Waals surface area (Å²) in [5.74, 6) is -1.00. The standard InChI is InChI=1S/C24H40O4/c1-3-4-5-6-7-8-9-10-11-12-17-21-22(26)19-15-13-14-16-20(19)23(27)24(21)28-18(2)25/h19-21,24H,3-17H2,1-2H3. The van der Waals surface area contributed by atoms with Gasteiger partial charge in [0.1, 0.15) is 5.78 Å². The maximum atomic E-state index is 13.0. The molecule has 2 aliphatic rings. The maximum absolute atomic E-state index is 13.0. The number of ether oxygens (including phenoxy) is 1. The van der Waals surface area contributed by atoms with Crippen LogP contribution in [0.1, 0.15) is 110 Å². The molecule has 2 saturated carbocycles. The van der Waals surface area contributed by atoms with Crippen LogP contribution in [0.4, 0.5) is 0 Å². The van der Waals surface area contributed by atoms with E-state index in [0.29, 0.717) is 6.42 Å². The summed E-state index contributed by atoms with van der Waals surface area (Å²) < 4.78 is 5.37. The number of carbonyl (C=O) groups excluding carboxylic acids is 3. The van der Waals surface area contributed by atoms with Crippen LogP contribution in [0.25, 0.3) is 0 Å². The molecule has 0 spiro atoms. The third-order valence-electron chi connectivity index (χ3n) is 6.67. The zero-order valence-corrected chi connectivity index (χ0v) is 18.0. The number of hydrogen-bond acceptors (Lipinski definition) is 4. The first-order valence-electron chi connectivity index (χ1n) is 11.8. The molecular weight excluding hydrogens is 352 g/mol. The number of Topliss-reactive ketones (excluding diaryl/α,β-unsaturated/α-hetero) is 2. The summed E-state index contributed by atoms with van der Waals surface area (Å²) in [5.41, 5.74) is 0. The van der Waals surface area contributed by atoms with Crippen molar-refractivity contribution in [2.24, 2.45) is 17.8 Å². The van der Waals surface area contributed by atoms with E-state index < -0.39 is 18.0 Å². The summed E-state index contributed by atoms with van der Waals surface area (Å²) in [4.78, 5) is 37.5. The molecule has 2 rings (SSSR count). The highest BCUT2D eigenvalue weighted by Gasteiger charge is 2.51. The van der Waals surface area contributed by atoms with Crippen molar-refractivity contribution in [2.45, 2.75) is 116 Å². The van der Waals surface area contributed by atoms with Crippen LogP contribution in [-0.2, 0) is 19.1 Å². The molecule has 4 nitrogen and oxygen atoms in total. The smallest absolute Gasteiger partial charge is 0.303 e. The summed E-state index contributed by atoms with van der Waals surface area (Å²) in [6.45, 7) is 3.58. The van der Waals surface area contributed by atoms with Gasteiger partial charge in [0.2, 0.25) is 0 Å². The minimum atomic E-state index is -0.831. The molecule has 0 N–H and O–H groups in total. The van der Waals surface area contributed by atoms with Crippen LogP contribution in [0.5, 0.6) is 0 Å². The highest BCUT2D eigenvalue weighted by molar-refractivity contribution is 6.01. The molecule has 0 aliphatic heterocycles. The lowest BCUT2D eigenvalue weighted by molar-refractivity contribution is -0.168. The number of carbonyl (C=O) groups is 3. The fourth-order valence-electron chi connectivity index (χ4n) is 5.11. The van der Waals surface area contributed by atoms with Gasteiger partial charge < -0.3 is 4.74 Å². The van der Waals surface area contributed by atoms with Gasteiger partial charge in [0, 0.05) is 18.8 Å². The quantitative estimate of drug-likeness (QED) is 0.311. The molecule has 4 heteroatoms. The van der Waals surface area contributed by atoms with E-state index in [-0.39, 0.29) is 23.4 Å². The van der Waals surface area contributed by atoms with Gasteiger partial charge in [0.05, 0.1) is 5.92 Å². The normalized spacial score (nSPS) is 27.5. The highest BCUT2D eigenvalue weighted by Crippen LogP contribution is 2.41. The predicted octanol–water partition coefficient (Wildman–Crippen LogP) is 5.80. The predicted molar refractivity (Wildman–Crippen MR) is 111 cm³/mol. The van der Waals surface area contributed by atoms with Gasteiger partial charge in [-0.15, -0.1) is 0 Å². The summed E-state index contributed by atoms with van der Waals surface area (Å²) in [6.07, 6.45) is 15.9. The molecule has 4 atom stereocenters. The van der Waals surface area contributed by atoms with Crippen molar-refractivity contribution in [3.05, 3.63) is 0 Å². The first-order chi connectivity index (χ1) is 13.6. The van der Waals surface area contributed by atoms with Crippen molar-refractivity contribution >= 4 is 17.5 Å². The monoisotopic (exact) mass is 392 g/mol. The molecule has 28 heavy (non-hydrogen) atoms. The van der Waals surface area contributed by atoms with Crippen LogP contribution in [0.3, 0.4) is 0 Å². The number of unbranched alkanes of at least 4 members (excludes halogenated alkanes) is 9. The first-order valence-corrected chi connectivity index (χ1v) is 11.8. The van der Waals surface area contributed by atoms with Crippen molar-refractivity contribution in [2.75, 3.05) is 0 Å². The van der Waals surface area contributed by atoms with E-state index in [0.717, 1.165) is 38.5 Å². The molecule has 0 aromatic carbocycles. The Kier molecular flexibility index (Phi) is 10.2. The fourth-order valence-corrected chi connectivity index (χ4v) is 5.11. The zero-order valence-electron chi connectivity index (χ0n) is 18.0. The Morgan fingerprint density at radius 2 is 1.32 bits per heavy atom. The second kappa shape index (κ2) is 12.4. The molecule has 0 heterocycles. The Hall–Kier alpha value is -1.19. The van der Waals surface area contributed by atoms with Crippen LogP contribution in [-0.4, -0.2) is 23.6 Å². The van der Waals surface area contributed by atoms with E-state index in [2.05, 4.69) is 6.92 Å². The number of hydrogen-bond donors (Lipinski definition) is 0. The summed E-state index contributed by atoms with van der Waals surface area (Å²) in [6, 6.07) is 0. The number of esters is 1. The van der Waals surface area contributed by atoms with Gasteiger partial charge in [-0.2, -0.15) is 0 Å². The van der Waals surface area contributed by atoms with E-state index in [4.69, 9.17) is 4.74 Å². The second-order valence-corrected chi connectivity index (χ2v) is 8.91. The Balaban J connectivity index is 1.76. The Bertz CT molecular complexity index is 513. The number of rotatable bonds is 12. The second-order valence-electron chi connectivity index (χ2n) is 8.91. The molecule has 2 aliphatic carbocycles. The average Bonchev–Trinajstić information content (AvgIpc) is 2.69. The maximum Gasteiger partial charge on any atom is 0.303 e. The fraction of sp³-hybridized carbons (Fsp3) is 0.875. The lowest BCUT2D eigenvalue weighted by Gasteiger charge is -2.40. The van der Waals surface area contributed by atoms with Gasteiger partial charge in [0.25, 0.3) is 0 Å². The summed E-state index contributed by atoms with van der Waals surface area (Å²) in [5, 5.41) is 0. The summed E-state index contributed by atoms with van der Waals surface area (Å²) in [7, 11) is 0. The topological polar surface area (TPSA) is 60.4 Å². The lowest BCUT2D eigenvalue weighted by atomic mass is 9.64. The van der Waals surface area contributed by atoms with Gasteiger partial charge in [-0.1, -0.05) is 84.0 Å². The Morgan fingerprint density at radius 3 is 1.86 bits per heavy atom. The number of ketones is 2. The van der Waals surface area contributed by atoms with Gasteiger partial charge >= 0.3 is 5.97 Å². The van der Waals surface area contributed by atoms with Crippen molar-refractivity contribution in [3.8, 4) is 0 Å². The molecular formula is C24H40O4. The molecule has 0 radical (unpaired) electrons. The molecule has 2 fully saturated rings. The van der Waals surface area contributed by atoms with Crippen molar-refractivity contribution in [1.29, 1.82) is 0 Å². The molecule has 160 valence electrons. The van der Waals surface area contributed by atoms with E-state index in [1.165, 1.54) is 58.3 Å². The number of fused-ring (bicyclic) bond motifs is 1. The SMILES string of the molecule is CCCCCCCCCCCCC1C(=O)C2CCCCC2C(=O)C1OC(C)=O. The first kappa shape index (κ1) is 23.1. The van der Waals surface area contributed by atoms with Crippen molar-refractivity contribution in [3.63, 3.8) is 0 Å². The van der Waals surface area contributed by atoms with Crippen molar-refractivity contribution < 1.29 is 19.1 Å². The third kappa shape index (κ3) is 6.70. The minimum absolute atomic E-state index is 0.0107. The Labute approximate surface area is 171 Å². The molecule has 0 bridgehead atoms. The van der Waals surface area contributed by atoms with Gasteiger partial charge in [-0.3, -0.25) is 14.4 Å². The van der Waals surface area contributed by atoms with E-state index >= 15 is 0 Å². The largest absolute Gasteiger partial charge is 0.454 e. The molecule has 0 aromatic rings. The van der Waals surface area contributed by atoms with E-state index in [1.807, 2.05) is 0 Å². The van der Waals surface area contributed by atoms with E-state index in [1.54, 1.807) is 0 Å². The molecule has 0 saturated heterocycles. The molecule has 0 aromatic heterocycles. The molecule has 4 unspecified atom stereocenters. The van der Waals surface area contributed by atoms with Gasteiger partial charge in [-0.25, -0.2) is 0 Å². The van der Waals surface area contributed by atoms with Crippen LogP contribution in [0.15, 0.2) is 0 Å². The van der Waals surface area contributed by atoms with Gasteiger partial charge in [0.15, 0.2) is 11.9 Å². The molecule has 0 amide bonds. The van der Waals surface area contributed by atoms with Crippen LogP contribution in [0.2, 0.25) is 0 Å². The van der Waals surface area contributed by atoms with Crippen LogP contribution >= 0.6 is 0 Å². The Morgan fingerprint density at radius 1 is 0.821 bits per heavy atom. The van der Waals surface area contributed by atoms with Crippen molar-refractivity contribution in [1.82, 2.24) is 0 Å².